The van der Waals surface area contributed by atoms with Crippen molar-refractivity contribution in [3.63, 3.8) is 0 Å². The lowest BCUT2D eigenvalue weighted by Gasteiger charge is -2.34. The summed E-state index contributed by atoms with van der Waals surface area (Å²) in [6, 6.07) is 6.90. The third-order valence-corrected chi connectivity index (χ3v) is 9.90. The number of nitrogens with zero attached hydrogens (tertiary/aromatic N) is 5. The maximum atomic E-state index is 16.3. The number of rotatable bonds is 6. The van der Waals surface area contributed by atoms with Gasteiger partial charge in [-0.3, -0.25) is 14.7 Å². The molecule has 4 saturated heterocycles. The summed E-state index contributed by atoms with van der Waals surface area (Å²) >= 11 is 0. The smallest absolute Gasteiger partial charge is 0.318 e. The summed E-state index contributed by atoms with van der Waals surface area (Å²) in [5.41, 5.74) is -0.00136. The molecule has 4 fully saturated rings. The molecule has 4 aliphatic rings. The van der Waals surface area contributed by atoms with E-state index in [0.29, 0.717) is 47.4 Å². The number of fused-ring (bicyclic) bond motifs is 5. The second-order valence-corrected chi connectivity index (χ2v) is 13.5. The van der Waals surface area contributed by atoms with E-state index in [2.05, 4.69) is 36.0 Å². The van der Waals surface area contributed by atoms with E-state index in [1.807, 2.05) is 13.8 Å². The minimum Gasteiger partial charge on any atom is -0.467 e. The van der Waals surface area contributed by atoms with Crippen LogP contribution in [0.25, 0.3) is 32.9 Å². The summed E-state index contributed by atoms with van der Waals surface area (Å²) < 4.78 is 58.6. The first kappa shape index (κ1) is 36.3. The zero-order chi connectivity index (χ0) is 36.2. The molecule has 2 aromatic heterocycles. The summed E-state index contributed by atoms with van der Waals surface area (Å²) in [5, 5.41) is 4.72. The SMILES string of the molecule is C#Cc1c(F)ccc2cc(OC=O)cc(-c3ncc4c(N5CC6CCC(C5)N6)nc(OC)nc4c3F)c12.COC(C)C.F[C@@H]1CC2CCCN2C1. The van der Waals surface area contributed by atoms with Crippen molar-refractivity contribution in [2.24, 2.45) is 0 Å². The van der Waals surface area contributed by atoms with E-state index in [4.69, 9.17) is 20.6 Å². The molecular formula is C38H43F3N6O4. The highest BCUT2D eigenvalue weighted by Gasteiger charge is 2.35. The first-order chi connectivity index (χ1) is 24.6. The number of carbonyl (C=O) groups is 1. The first-order valence-electron chi connectivity index (χ1n) is 17.3. The number of hydrogen-bond donors (Lipinski definition) is 1. The molecule has 0 spiro atoms. The van der Waals surface area contributed by atoms with Crippen LogP contribution in [-0.4, -0.2) is 97.1 Å². The van der Waals surface area contributed by atoms with E-state index in [-0.39, 0.29) is 46.0 Å². The highest BCUT2D eigenvalue weighted by Crippen LogP contribution is 2.39. The van der Waals surface area contributed by atoms with E-state index in [9.17, 15) is 13.6 Å². The van der Waals surface area contributed by atoms with Gasteiger partial charge in [-0.1, -0.05) is 12.0 Å². The molecule has 13 heteroatoms. The zero-order valence-electron chi connectivity index (χ0n) is 29.3. The molecule has 3 unspecified atom stereocenters. The lowest BCUT2D eigenvalue weighted by molar-refractivity contribution is -0.120. The number of ether oxygens (including phenoxy) is 3. The van der Waals surface area contributed by atoms with Crippen LogP contribution in [0.4, 0.5) is 19.0 Å². The number of aromatic nitrogens is 3. The Morgan fingerprint density at radius 2 is 1.82 bits per heavy atom. The molecule has 6 heterocycles. The van der Waals surface area contributed by atoms with Crippen LogP contribution in [0.5, 0.6) is 11.8 Å². The summed E-state index contributed by atoms with van der Waals surface area (Å²) in [4.78, 5) is 28.7. The zero-order valence-corrected chi connectivity index (χ0v) is 29.3. The Balaban J connectivity index is 0.000000266. The lowest BCUT2D eigenvalue weighted by Crippen LogP contribution is -2.51. The molecule has 2 bridgehead atoms. The molecular weight excluding hydrogens is 661 g/mol. The fourth-order valence-corrected chi connectivity index (χ4v) is 7.40. The summed E-state index contributed by atoms with van der Waals surface area (Å²) in [6.45, 7) is 7.55. The predicted octanol–water partition coefficient (Wildman–Crippen LogP) is 5.82. The van der Waals surface area contributed by atoms with E-state index >= 15 is 4.39 Å². The van der Waals surface area contributed by atoms with Gasteiger partial charge in [-0.2, -0.15) is 9.97 Å². The number of benzene rings is 2. The molecule has 1 N–H and O–H groups in total. The molecule has 2 aromatic carbocycles. The second-order valence-electron chi connectivity index (χ2n) is 13.5. The van der Waals surface area contributed by atoms with Crippen LogP contribution in [-0.2, 0) is 9.53 Å². The Hall–Kier alpha value is -4.51. The van der Waals surface area contributed by atoms with Gasteiger partial charge in [0, 0.05) is 62.0 Å². The van der Waals surface area contributed by atoms with Gasteiger partial charge in [0.15, 0.2) is 5.82 Å². The number of halogens is 3. The third kappa shape index (κ3) is 7.73. The Labute approximate surface area is 295 Å². The van der Waals surface area contributed by atoms with Crippen LogP contribution >= 0.6 is 0 Å². The largest absolute Gasteiger partial charge is 0.467 e. The van der Waals surface area contributed by atoms with Crippen molar-refractivity contribution in [2.45, 2.75) is 76.4 Å². The first-order valence-corrected chi connectivity index (χ1v) is 17.3. The van der Waals surface area contributed by atoms with Crippen LogP contribution in [0, 0.1) is 24.0 Å². The topological polar surface area (TPSA) is 102 Å². The number of methoxy groups -OCH3 is 2. The predicted molar refractivity (Wildman–Crippen MR) is 190 cm³/mol. The standard InChI is InChI=1S/C27H21F2N5O3.C7H12FN.C4H10O/c1-3-18-21(28)7-4-14-8-17(37-13-35)9-19(22(14)18)24-23(29)25-20(10-30-24)26(33-27(32-25)36-2)34-11-15-5-6-16(12-34)31-15;8-6-4-7-2-1-3-9(7)5-6;1-4(2)5-3/h1,4,7-10,13,15-16,31H,5-6,11-12H2,2H3;6-7H,1-5H2;4H,1-3H3/t;6-,7?;/m.1./s1. The molecule has 4 atom stereocenters. The van der Waals surface area contributed by atoms with Crippen LogP contribution in [0.1, 0.15) is 51.5 Å². The number of alkyl halides is 1. The fraction of sp³-hybridized carbons (Fsp3) is 0.474. The van der Waals surface area contributed by atoms with Gasteiger partial charge in [0.05, 0.1) is 24.2 Å². The number of anilines is 1. The third-order valence-electron chi connectivity index (χ3n) is 9.90. The van der Waals surface area contributed by atoms with E-state index < -0.39 is 17.8 Å². The molecule has 270 valence electrons. The van der Waals surface area contributed by atoms with Gasteiger partial charge in [0.1, 0.15) is 34.8 Å². The summed E-state index contributed by atoms with van der Waals surface area (Å²) in [5.74, 6) is 1.62. The maximum Gasteiger partial charge on any atom is 0.318 e. The average Bonchev–Trinajstić information content (AvgIpc) is 3.82. The van der Waals surface area contributed by atoms with Gasteiger partial charge in [0.2, 0.25) is 0 Å². The fourth-order valence-electron chi connectivity index (χ4n) is 7.40. The van der Waals surface area contributed by atoms with Gasteiger partial charge in [-0.15, -0.1) is 6.42 Å². The minimum atomic E-state index is -0.755. The summed E-state index contributed by atoms with van der Waals surface area (Å²) in [7, 11) is 3.12. The van der Waals surface area contributed by atoms with Gasteiger partial charge >= 0.3 is 6.01 Å². The van der Waals surface area contributed by atoms with E-state index in [0.717, 1.165) is 38.9 Å². The number of carbonyl (C=O) groups excluding carboxylic acids is 1. The number of piperazine rings is 1. The molecule has 10 nitrogen and oxygen atoms in total. The Kier molecular flexibility index (Phi) is 11.2. The monoisotopic (exact) mass is 704 g/mol. The van der Waals surface area contributed by atoms with Crippen molar-refractivity contribution in [1.82, 2.24) is 25.2 Å². The summed E-state index contributed by atoms with van der Waals surface area (Å²) in [6.07, 6.45) is 12.5. The molecule has 4 aliphatic heterocycles. The highest BCUT2D eigenvalue weighted by atomic mass is 19.1. The average molecular weight is 705 g/mol. The van der Waals surface area contributed by atoms with Crippen molar-refractivity contribution in [2.75, 3.05) is 45.3 Å². The van der Waals surface area contributed by atoms with Gasteiger partial charge < -0.3 is 24.4 Å². The van der Waals surface area contributed by atoms with Crippen LogP contribution < -0.4 is 19.7 Å². The quantitative estimate of drug-likeness (QED) is 0.195. The minimum absolute atomic E-state index is 0.00579. The molecule has 0 radical (unpaired) electrons. The van der Waals surface area contributed by atoms with Gasteiger partial charge in [-0.25, -0.2) is 13.2 Å². The number of pyridine rings is 1. The van der Waals surface area contributed by atoms with Crippen molar-refractivity contribution in [1.29, 1.82) is 0 Å². The van der Waals surface area contributed by atoms with E-state index in [1.165, 1.54) is 50.4 Å². The van der Waals surface area contributed by atoms with Gasteiger partial charge in [-0.05, 0) is 76.1 Å². The molecule has 8 rings (SSSR count). The second kappa shape index (κ2) is 15.8. The van der Waals surface area contributed by atoms with E-state index in [1.54, 1.807) is 7.11 Å². The lowest BCUT2D eigenvalue weighted by atomic mass is 9.95. The molecule has 0 saturated carbocycles. The maximum absolute atomic E-state index is 16.3. The number of nitrogens with one attached hydrogen (secondary N) is 1. The van der Waals surface area contributed by atoms with Crippen LogP contribution in [0.3, 0.4) is 0 Å². The Bertz CT molecular complexity index is 1910. The molecule has 0 amide bonds. The van der Waals surface area contributed by atoms with Crippen molar-refractivity contribution >= 4 is 34.0 Å². The van der Waals surface area contributed by atoms with Crippen molar-refractivity contribution in [3.05, 3.63) is 47.7 Å². The number of hydrogen-bond acceptors (Lipinski definition) is 10. The molecule has 0 aliphatic carbocycles. The highest BCUT2D eigenvalue weighted by molar-refractivity contribution is 6.03. The molecule has 51 heavy (non-hydrogen) atoms. The van der Waals surface area contributed by atoms with Crippen LogP contribution in [0.15, 0.2) is 30.5 Å². The Morgan fingerprint density at radius 1 is 1.08 bits per heavy atom. The van der Waals surface area contributed by atoms with Crippen molar-refractivity contribution in [3.8, 4) is 35.4 Å². The number of terminal acetylenes is 1. The normalized spacial score (nSPS) is 22.2. The van der Waals surface area contributed by atoms with Crippen LogP contribution in [0.2, 0.25) is 0 Å². The van der Waals surface area contributed by atoms with Gasteiger partial charge in [0.25, 0.3) is 6.47 Å². The van der Waals surface area contributed by atoms with Crippen molar-refractivity contribution < 1.29 is 32.2 Å². The molecule has 4 aromatic rings. The Morgan fingerprint density at radius 3 is 2.47 bits per heavy atom.